The Labute approximate surface area is 170 Å². The van der Waals surface area contributed by atoms with Gasteiger partial charge in [0.1, 0.15) is 18.5 Å². The quantitative estimate of drug-likeness (QED) is 0.631. The third-order valence-corrected chi connectivity index (χ3v) is 4.84. The fourth-order valence-corrected chi connectivity index (χ4v) is 3.45. The van der Waals surface area contributed by atoms with Crippen molar-refractivity contribution in [3.63, 3.8) is 0 Å². The van der Waals surface area contributed by atoms with Crippen molar-refractivity contribution in [3.05, 3.63) is 53.6 Å². The van der Waals surface area contributed by atoms with Crippen molar-refractivity contribution in [2.45, 2.75) is 25.5 Å². The van der Waals surface area contributed by atoms with Gasteiger partial charge in [0, 0.05) is 43.3 Å². The molecule has 0 saturated carbocycles. The third-order valence-electron chi connectivity index (χ3n) is 4.59. The predicted octanol–water partition coefficient (Wildman–Crippen LogP) is 3.22. The van der Waals surface area contributed by atoms with Gasteiger partial charge in [-0.15, -0.1) is 0 Å². The van der Waals surface area contributed by atoms with Crippen LogP contribution in [0.3, 0.4) is 0 Å². The van der Waals surface area contributed by atoms with Crippen LogP contribution < -0.4 is 15.4 Å². The highest BCUT2D eigenvalue weighted by Crippen LogP contribution is 2.24. The molecule has 1 aliphatic rings. The molecule has 2 aromatic rings. The van der Waals surface area contributed by atoms with Crippen LogP contribution in [-0.4, -0.2) is 54.3 Å². The maximum Gasteiger partial charge on any atom is 0.221 e. The number of nitrogens with zero attached hydrogens (tertiary/aromatic N) is 1. The van der Waals surface area contributed by atoms with E-state index in [1.807, 2.05) is 36.4 Å². The molecular formula is C21H26ClN3O3. The van der Waals surface area contributed by atoms with Crippen LogP contribution in [0, 0.1) is 0 Å². The van der Waals surface area contributed by atoms with Crippen molar-refractivity contribution in [3.8, 4) is 5.75 Å². The summed E-state index contributed by atoms with van der Waals surface area (Å²) < 4.78 is 5.72. The fourth-order valence-electron chi connectivity index (χ4n) is 3.32. The van der Waals surface area contributed by atoms with Crippen LogP contribution in [0.1, 0.15) is 13.3 Å². The van der Waals surface area contributed by atoms with Crippen LogP contribution >= 0.6 is 11.6 Å². The molecule has 6 nitrogen and oxygen atoms in total. The molecule has 7 heteroatoms. The predicted molar refractivity (Wildman–Crippen MR) is 112 cm³/mol. The number of carbonyl (C=O) groups is 1. The van der Waals surface area contributed by atoms with E-state index in [1.54, 1.807) is 12.1 Å². The Kier molecular flexibility index (Phi) is 7.14. The van der Waals surface area contributed by atoms with Gasteiger partial charge in [0.05, 0.1) is 5.69 Å². The molecule has 150 valence electrons. The average Bonchev–Trinajstić information content (AvgIpc) is 3.09. The maximum atomic E-state index is 11.3. The Balaban J connectivity index is 1.44. The molecule has 3 N–H and O–H groups in total. The van der Waals surface area contributed by atoms with Gasteiger partial charge >= 0.3 is 0 Å². The van der Waals surface area contributed by atoms with Gasteiger partial charge in [0.25, 0.3) is 0 Å². The van der Waals surface area contributed by atoms with Crippen molar-refractivity contribution in [1.82, 2.24) is 4.90 Å². The van der Waals surface area contributed by atoms with Crippen LogP contribution in [0.15, 0.2) is 48.5 Å². The number of amides is 1. The number of β-amino-alcohol motifs (C(OH)–C–C–N with tert-alkyl or cyclic N) is 1. The van der Waals surface area contributed by atoms with Crippen molar-refractivity contribution in [1.29, 1.82) is 0 Å². The van der Waals surface area contributed by atoms with Crippen LogP contribution in [-0.2, 0) is 4.79 Å². The van der Waals surface area contributed by atoms with Gasteiger partial charge in [-0.3, -0.25) is 9.69 Å². The SMILES string of the molecule is CC(=O)Nc1ccccc1OCC(O)CN1CCC(Nc2ccc(Cl)cc2)C1. The van der Waals surface area contributed by atoms with Gasteiger partial charge in [-0.1, -0.05) is 23.7 Å². The highest BCUT2D eigenvalue weighted by atomic mass is 35.5. The van der Waals surface area contributed by atoms with Crippen LogP contribution in [0.5, 0.6) is 5.75 Å². The number of carbonyl (C=O) groups excluding carboxylic acids is 1. The number of benzene rings is 2. The first-order valence-corrected chi connectivity index (χ1v) is 9.79. The molecular weight excluding hydrogens is 378 g/mol. The van der Waals surface area contributed by atoms with Crippen LogP contribution in [0.2, 0.25) is 5.02 Å². The molecule has 1 aliphatic heterocycles. The number of nitrogens with one attached hydrogen (secondary N) is 2. The molecule has 0 radical (unpaired) electrons. The Morgan fingerprint density at radius 3 is 2.79 bits per heavy atom. The van der Waals surface area contributed by atoms with E-state index in [9.17, 15) is 9.90 Å². The van der Waals surface area contributed by atoms with Crippen molar-refractivity contribution in [2.24, 2.45) is 0 Å². The number of ether oxygens (including phenoxy) is 1. The average molecular weight is 404 g/mol. The molecule has 0 bridgehead atoms. The monoisotopic (exact) mass is 403 g/mol. The molecule has 2 unspecified atom stereocenters. The number of rotatable bonds is 8. The molecule has 2 aromatic carbocycles. The Hall–Kier alpha value is -2.28. The minimum absolute atomic E-state index is 0.159. The second-order valence-corrected chi connectivity index (χ2v) is 7.48. The summed E-state index contributed by atoms with van der Waals surface area (Å²) in [6.45, 7) is 3.95. The second-order valence-electron chi connectivity index (χ2n) is 7.04. The first-order chi connectivity index (χ1) is 13.5. The first kappa shape index (κ1) is 20.5. The lowest BCUT2D eigenvalue weighted by molar-refractivity contribution is -0.114. The Morgan fingerprint density at radius 1 is 1.29 bits per heavy atom. The van der Waals surface area contributed by atoms with Gasteiger partial charge in [-0.2, -0.15) is 0 Å². The standard InChI is InChI=1S/C21H26ClN3O3/c1-15(26)23-20-4-2-3-5-21(20)28-14-19(27)13-25-11-10-18(12-25)24-17-8-6-16(22)7-9-17/h2-9,18-19,24,27H,10-14H2,1H3,(H,23,26). The molecule has 1 fully saturated rings. The summed E-state index contributed by atoms with van der Waals surface area (Å²) in [7, 11) is 0. The van der Waals surface area contributed by atoms with E-state index >= 15 is 0 Å². The number of hydrogen-bond donors (Lipinski definition) is 3. The number of halogens is 1. The zero-order valence-corrected chi connectivity index (χ0v) is 16.7. The van der Waals surface area contributed by atoms with Gasteiger partial charge in [-0.25, -0.2) is 0 Å². The summed E-state index contributed by atoms with van der Waals surface area (Å²) in [5, 5.41) is 17.3. The molecule has 1 heterocycles. The Morgan fingerprint density at radius 2 is 2.04 bits per heavy atom. The summed E-state index contributed by atoms with van der Waals surface area (Å²) in [5.41, 5.74) is 1.66. The summed E-state index contributed by atoms with van der Waals surface area (Å²) in [6.07, 6.45) is 0.404. The number of para-hydroxylation sites is 2. The van der Waals surface area contributed by atoms with E-state index in [4.69, 9.17) is 16.3 Å². The van der Waals surface area contributed by atoms with E-state index in [1.165, 1.54) is 6.92 Å². The lowest BCUT2D eigenvalue weighted by Gasteiger charge is -2.21. The molecule has 0 aliphatic carbocycles. The number of anilines is 2. The lowest BCUT2D eigenvalue weighted by Crippen LogP contribution is -2.35. The fraction of sp³-hybridized carbons (Fsp3) is 0.381. The maximum absolute atomic E-state index is 11.3. The Bertz CT molecular complexity index is 785. The summed E-state index contributed by atoms with van der Waals surface area (Å²) in [4.78, 5) is 13.5. The van der Waals surface area contributed by atoms with E-state index in [-0.39, 0.29) is 12.5 Å². The number of hydrogen-bond acceptors (Lipinski definition) is 5. The largest absolute Gasteiger partial charge is 0.489 e. The first-order valence-electron chi connectivity index (χ1n) is 9.41. The number of likely N-dealkylation sites (tertiary alicyclic amines) is 1. The number of aliphatic hydroxyl groups excluding tert-OH is 1. The molecule has 1 saturated heterocycles. The molecule has 3 rings (SSSR count). The normalized spacial score (nSPS) is 17.9. The minimum atomic E-state index is -0.611. The van der Waals surface area contributed by atoms with E-state index in [2.05, 4.69) is 15.5 Å². The highest BCUT2D eigenvalue weighted by Gasteiger charge is 2.24. The van der Waals surface area contributed by atoms with E-state index in [0.717, 1.165) is 30.2 Å². The second kappa shape index (κ2) is 9.78. The molecule has 28 heavy (non-hydrogen) atoms. The lowest BCUT2D eigenvalue weighted by atomic mass is 10.2. The molecule has 0 aromatic heterocycles. The van der Waals surface area contributed by atoms with Gasteiger partial charge in [-0.05, 0) is 42.8 Å². The summed E-state index contributed by atoms with van der Waals surface area (Å²) in [5.74, 6) is 0.397. The summed E-state index contributed by atoms with van der Waals surface area (Å²) in [6, 6.07) is 15.2. The van der Waals surface area contributed by atoms with Crippen molar-refractivity contribution < 1.29 is 14.6 Å². The third kappa shape index (κ3) is 6.12. The smallest absolute Gasteiger partial charge is 0.221 e. The van der Waals surface area contributed by atoms with Gasteiger partial charge < -0.3 is 20.5 Å². The number of aliphatic hydroxyl groups is 1. The van der Waals surface area contributed by atoms with Crippen LogP contribution in [0.4, 0.5) is 11.4 Å². The van der Waals surface area contributed by atoms with Crippen molar-refractivity contribution >= 4 is 28.9 Å². The van der Waals surface area contributed by atoms with Crippen LogP contribution in [0.25, 0.3) is 0 Å². The zero-order valence-electron chi connectivity index (χ0n) is 15.9. The summed E-state index contributed by atoms with van der Waals surface area (Å²) >= 11 is 5.92. The highest BCUT2D eigenvalue weighted by molar-refractivity contribution is 6.30. The molecule has 0 spiro atoms. The minimum Gasteiger partial charge on any atom is -0.489 e. The van der Waals surface area contributed by atoms with Gasteiger partial charge in [0.2, 0.25) is 5.91 Å². The van der Waals surface area contributed by atoms with Crippen molar-refractivity contribution in [2.75, 3.05) is 36.9 Å². The van der Waals surface area contributed by atoms with Gasteiger partial charge in [0.15, 0.2) is 0 Å². The van der Waals surface area contributed by atoms with E-state index in [0.29, 0.717) is 24.0 Å². The molecule has 1 amide bonds. The topological polar surface area (TPSA) is 73.8 Å². The molecule has 2 atom stereocenters. The van der Waals surface area contributed by atoms with E-state index < -0.39 is 6.10 Å². The zero-order chi connectivity index (χ0) is 19.9.